The predicted octanol–water partition coefficient (Wildman–Crippen LogP) is 5.85. The average Bonchev–Trinajstić information content (AvgIpc) is 3.24. The maximum atomic E-state index is 13.2. The molecule has 2 N–H and O–H groups in total. The van der Waals surface area contributed by atoms with Crippen LogP contribution in [-0.4, -0.2) is 20.9 Å². The molecule has 0 atom stereocenters. The van der Waals surface area contributed by atoms with Crippen LogP contribution < -0.4 is 5.32 Å². The number of nitrogens with one attached hydrogen (secondary N) is 2. The number of benzene rings is 2. The lowest BCUT2D eigenvalue weighted by atomic mass is 10.0. The molecule has 0 unspecified atom stereocenters. The third-order valence-corrected chi connectivity index (χ3v) is 5.31. The zero-order valence-electron chi connectivity index (χ0n) is 17.0. The molecule has 0 bridgehead atoms. The molecule has 0 aliphatic rings. The fourth-order valence-electron chi connectivity index (χ4n) is 3.65. The van der Waals surface area contributed by atoms with Gasteiger partial charge in [-0.15, -0.1) is 0 Å². The number of amides is 1. The van der Waals surface area contributed by atoms with Gasteiger partial charge in [-0.25, -0.2) is 4.98 Å². The Morgan fingerprint density at radius 3 is 2.52 bits per heavy atom. The van der Waals surface area contributed by atoms with Crippen LogP contribution in [0.1, 0.15) is 15.9 Å². The molecule has 0 aliphatic heterocycles. The van der Waals surface area contributed by atoms with Gasteiger partial charge in [0.25, 0.3) is 5.91 Å². The number of aromatic nitrogens is 3. The standard InChI is InChI=1S/C26H20N4O/c1-17-7-9-19(10-8-17)21-11-12-27-16-24(21)30-26(31)23-15-29-25-22(23)13-20(14-28-25)18-5-3-2-4-6-18/h2-16H,1H3,(H,28,29)(H,30,31). The number of nitrogens with zero attached hydrogens (tertiary/aromatic N) is 2. The molecule has 5 aromatic rings. The molecule has 0 fully saturated rings. The van der Waals surface area contributed by atoms with Gasteiger partial charge in [-0.2, -0.15) is 0 Å². The summed E-state index contributed by atoms with van der Waals surface area (Å²) in [6, 6.07) is 22.1. The minimum atomic E-state index is -0.209. The molecule has 3 aromatic heterocycles. The van der Waals surface area contributed by atoms with Crippen molar-refractivity contribution in [1.82, 2.24) is 15.0 Å². The molecule has 5 heteroatoms. The molecule has 0 saturated heterocycles. The second kappa shape index (κ2) is 7.88. The van der Waals surface area contributed by atoms with Gasteiger partial charge >= 0.3 is 0 Å². The second-order valence-electron chi connectivity index (χ2n) is 7.43. The third-order valence-electron chi connectivity index (χ3n) is 5.31. The van der Waals surface area contributed by atoms with Crippen molar-refractivity contribution in [3.05, 3.63) is 103 Å². The lowest BCUT2D eigenvalue weighted by molar-refractivity contribution is 0.102. The number of rotatable bonds is 4. The quantitative estimate of drug-likeness (QED) is 0.394. The van der Waals surface area contributed by atoms with Gasteiger partial charge in [-0.3, -0.25) is 9.78 Å². The molecule has 0 saturated carbocycles. The highest BCUT2D eigenvalue weighted by Gasteiger charge is 2.16. The fraction of sp³-hybridized carbons (Fsp3) is 0.0385. The van der Waals surface area contributed by atoms with Crippen LogP contribution in [0.15, 0.2) is 91.5 Å². The van der Waals surface area contributed by atoms with Crippen molar-refractivity contribution in [2.24, 2.45) is 0 Å². The maximum absolute atomic E-state index is 13.2. The first kappa shape index (κ1) is 18.8. The van der Waals surface area contributed by atoms with E-state index in [1.54, 1.807) is 18.6 Å². The van der Waals surface area contributed by atoms with Crippen molar-refractivity contribution in [2.45, 2.75) is 6.92 Å². The van der Waals surface area contributed by atoms with E-state index >= 15 is 0 Å². The number of hydrogen-bond donors (Lipinski definition) is 2. The normalized spacial score (nSPS) is 10.9. The van der Waals surface area contributed by atoms with Gasteiger partial charge in [-0.05, 0) is 30.2 Å². The summed E-state index contributed by atoms with van der Waals surface area (Å²) in [5.74, 6) is -0.209. The van der Waals surface area contributed by atoms with Crippen LogP contribution in [0, 0.1) is 6.92 Å². The summed E-state index contributed by atoms with van der Waals surface area (Å²) in [6.07, 6.45) is 6.92. The summed E-state index contributed by atoms with van der Waals surface area (Å²) in [4.78, 5) is 25.0. The summed E-state index contributed by atoms with van der Waals surface area (Å²) >= 11 is 0. The van der Waals surface area contributed by atoms with E-state index in [-0.39, 0.29) is 5.91 Å². The van der Waals surface area contributed by atoms with Gasteiger partial charge in [0.1, 0.15) is 5.65 Å². The van der Waals surface area contributed by atoms with E-state index in [0.717, 1.165) is 27.6 Å². The molecule has 31 heavy (non-hydrogen) atoms. The van der Waals surface area contributed by atoms with Crippen LogP contribution >= 0.6 is 0 Å². The van der Waals surface area contributed by atoms with Crippen LogP contribution in [0.3, 0.4) is 0 Å². The van der Waals surface area contributed by atoms with Crippen LogP contribution in [0.5, 0.6) is 0 Å². The Morgan fingerprint density at radius 1 is 0.903 bits per heavy atom. The van der Waals surface area contributed by atoms with Gasteiger partial charge in [0.2, 0.25) is 0 Å². The van der Waals surface area contributed by atoms with Crippen molar-refractivity contribution in [1.29, 1.82) is 0 Å². The van der Waals surface area contributed by atoms with Gasteiger partial charge < -0.3 is 10.3 Å². The van der Waals surface area contributed by atoms with Gasteiger partial charge in [0, 0.05) is 35.1 Å². The first-order valence-electron chi connectivity index (χ1n) is 10.0. The van der Waals surface area contributed by atoms with E-state index in [4.69, 9.17) is 0 Å². The van der Waals surface area contributed by atoms with E-state index in [1.165, 1.54) is 5.56 Å². The minimum absolute atomic E-state index is 0.209. The smallest absolute Gasteiger partial charge is 0.257 e. The van der Waals surface area contributed by atoms with Crippen molar-refractivity contribution in [3.63, 3.8) is 0 Å². The lowest BCUT2D eigenvalue weighted by Gasteiger charge is -2.11. The molecule has 3 heterocycles. The largest absolute Gasteiger partial charge is 0.345 e. The van der Waals surface area contributed by atoms with Gasteiger partial charge in [0.05, 0.1) is 17.4 Å². The van der Waals surface area contributed by atoms with Gasteiger partial charge in [0.15, 0.2) is 0 Å². The predicted molar refractivity (Wildman–Crippen MR) is 124 cm³/mol. The molecular weight excluding hydrogens is 384 g/mol. The Bertz CT molecular complexity index is 1370. The maximum Gasteiger partial charge on any atom is 0.257 e. The van der Waals surface area contributed by atoms with Crippen LogP contribution in [0.25, 0.3) is 33.3 Å². The molecule has 1 amide bonds. The van der Waals surface area contributed by atoms with Gasteiger partial charge in [-0.1, -0.05) is 60.2 Å². The summed E-state index contributed by atoms with van der Waals surface area (Å²) in [5, 5.41) is 3.81. The number of aromatic amines is 1. The number of pyridine rings is 2. The Balaban J connectivity index is 1.50. The van der Waals surface area contributed by atoms with E-state index in [2.05, 4.69) is 32.4 Å². The summed E-state index contributed by atoms with van der Waals surface area (Å²) in [7, 11) is 0. The SMILES string of the molecule is Cc1ccc(-c2ccncc2NC(=O)c2c[nH]c3ncc(-c4ccccc4)cc23)cc1. The number of fused-ring (bicyclic) bond motifs is 1. The highest BCUT2D eigenvalue weighted by Crippen LogP contribution is 2.29. The molecule has 5 rings (SSSR count). The minimum Gasteiger partial charge on any atom is -0.345 e. The van der Waals surface area contributed by atoms with Crippen LogP contribution in [-0.2, 0) is 0 Å². The molecule has 2 aromatic carbocycles. The summed E-state index contributed by atoms with van der Waals surface area (Å²) in [6.45, 7) is 2.05. The Morgan fingerprint density at radius 2 is 1.71 bits per heavy atom. The first-order valence-corrected chi connectivity index (χ1v) is 10.0. The highest BCUT2D eigenvalue weighted by molar-refractivity contribution is 6.13. The number of carbonyl (C=O) groups is 1. The number of anilines is 1. The first-order chi connectivity index (χ1) is 15.2. The Hall–Kier alpha value is -4.25. The number of aryl methyl sites for hydroxylation is 1. The summed E-state index contributed by atoms with van der Waals surface area (Å²) < 4.78 is 0. The molecule has 0 spiro atoms. The lowest BCUT2D eigenvalue weighted by Crippen LogP contribution is -2.12. The number of carbonyl (C=O) groups excluding carboxylic acids is 1. The third kappa shape index (κ3) is 3.69. The summed E-state index contributed by atoms with van der Waals surface area (Å²) in [5.41, 5.74) is 7.03. The van der Waals surface area contributed by atoms with Crippen molar-refractivity contribution in [2.75, 3.05) is 5.32 Å². The zero-order chi connectivity index (χ0) is 21.2. The van der Waals surface area contributed by atoms with Crippen molar-refractivity contribution < 1.29 is 4.79 Å². The van der Waals surface area contributed by atoms with E-state index in [1.807, 2.05) is 67.7 Å². The second-order valence-corrected chi connectivity index (χ2v) is 7.43. The molecule has 0 radical (unpaired) electrons. The highest BCUT2D eigenvalue weighted by atomic mass is 16.1. The molecule has 150 valence electrons. The van der Waals surface area contributed by atoms with Crippen LogP contribution in [0.2, 0.25) is 0 Å². The van der Waals surface area contributed by atoms with E-state index < -0.39 is 0 Å². The topological polar surface area (TPSA) is 70.7 Å². The number of H-pyrrole nitrogens is 1. The van der Waals surface area contributed by atoms with Crippen LogP contribution in [0.4, 0.5) is 5.69 Å². The van der Waals surface area contributed by atoms with Crippen molar-refractivity contribution in [3.8, 4) is 22.3 Å². The molecule has 0 aliphatic carbocycles. The molecular formula is C26H20N4O. The monoisotopic (exact) mass is 404 g/mol. The Labute approximate surface area is 179 Å². The number of hydrogen-bond acceptors (Lipinski definition) is 3. The Kier molecular flexibility index (Phi) is 4.77. The zero-order valence-corrected chi connectivity index (χ0v) is 17.0. The van der Waals surface area contributed by atoms with E-state index in [9.17, 15) is 4.79 Å². The fourth-order valence-corrected chi connectivity index (χ4v) is 3.65. The van der Waals surface area contributed by atoms with E-state index in [0.29, 0.717) is 16.9 Å². The average molecular weight is 404 g/mol. The molecule has 5 nitrogen and oxygen atoms in total. The van der Waals surface area contributed by atoms with Crippen molar-refractivity contribution >= 4 is 22.6 Å².